The van der Waals surface area contributed by atoms with Gasteiger partial charge in [-0.25, -0.2) is 4.68 Å². The summed E-state index contributed by atoms with van der Waals surface area (Å²) < 4.78 is 3.48. The first kappa shape index (κ1) is 9.89. The molecule has 0 radical (unpaired) electrons. The van der Waals surface area contributed by atoms with E-state index in [1.165, 1.54) is 4.68 Å². The van der Waals surface area contributed by atoms with E-state index < -0.39 is 5.97 Å². The van der Waals surface area contributed by atoms with Crippen molar-refractivity contribution in [2.24, 2.45) is 7.05 Å². The first-order chi connectivity index (χ1) is 8.18. The highest BCUT2D eigenvalue weighted by atomic mass is 16.4. The second-order valence-electron chi connectivity index (χ2n) is 4.01. The Labute approximate surface area is 96.9 Å². The number of benzene rings is 1. The average molecular weight is 229 g/mol. The zero-order valence-electron chi connectivity index (χ0n) is 9.29. The van der Waals surface area contributed by atoms with Crippen LogP contribution >= 0.6 is 0 Å². The molecule has 2 heterocycles. The minimum Gasteiger partial charge on any atom is -0.480 e. The molecule has 0 amide bonds. The summed E-state index contributed by atoms with van der Waals surface area (Å²) in [5.41, 5.74) is 1.92. The fraction of sp³-hybridized carbons (Fsp3) is 0.167. The Hall–Kier alpha value is -2.30. The number of fused-ring (bicyclic) bond motifs is 3. The lowest BCUT2D eigenvalue weighted by atomic mass is 10.2. The van der Waals surface area contributed by atoms with Gasteiger partial charge in [0, 0.05) is 17.8 Å². The van der Waals surface area contributed by atoms with E-state index in [1.807, 2.05) is 35.9 Å². The summed E-state index contributed by atoms with van der Waals surface area (Å²) in [6, 6.07) is 7.97. The van der Waals surface area contributed by atoms with Crippen LogP contribution in [0.1, 0.15) is 0 Å². The number of rotatable bonds is 2. The summed E-state index contributed by atoms with van der Waals surface area (Å²) in [6.07, 6.45) is 1.72. The van der Waals surface area contributed by atoms with Crippen molar-refractivity contribution in [3.8, 4) is 0 Å². The Morgan fingerprint density at radius 3 is 2.88 bits per heavy atom. The van der Waals surface area contributed by atoms with Crippen LogP contribution < -0.4 is 0 Å². The van der Waals surface area contributed by atoms with Gasteiger partial charge in [-0.2, -0.15) is 5.10 Å². The third-order valence-corrected chi connectivity index (χ3v) is 2.97. The summed E-state index contributed by atoms with van der Waals surface area (Å²) in [7, 11) is 1.92. The van der Waals surface area contributed by atoms with Crippen molar-refractivity contribution >= 4 is 27.9 Å². The molecule has 0 saturated heterocycles. The molecule has 3 rings (SSSR count). The topological polar surface area (TPSA) is 60.0 Å². The number of aliphatic carboxylic acids is 1. The van der Waals surface area contributed by atoms with Crippen LogP contribution in [0.15, 0.2) is 30.5 Å². The molecule has 5 heteroatoms. The monoisotopic (exact) mass is 229 g/mol. The van der Waals surface area contributed by atoms with Crippen molar-refractivity contribution in [2.75, 3.05) is 0 Å². The molecule has 0 spiro atoms. The molecule has 0 unspecified atom stereocenters. The van der Waals surface area contributed by atoms with E-state index in [0.717, 1.165) is 21.9 Å². The molecule has 0 fully saturated rings. The van der Waals surface area contributed by atoms with Crippen LogP contribution in [0.3, 0.4) is 0 Å². The van der Waals surface area contributed by atoms with Crippen molar-refractivity contribution in [3.63, 3.8) is 0 Å². The molecule has 1 N–H and O–H groups in total. The van der Waals surface area contributed by atoms with Crippen molar-refractivity contribution in [1.82, 2.24) is 14.3 Å². The van der Waals surface area contributed by atoms with Crippen LogP contribution in [0.2, 0.25) is 0 Å². The van der Waals surface area contributed by atoms with E-state index in [2.05, 4.69) is 5.10 Å². The minimum absolute atomic E-state index is 0.117. The van der Waals surface area contributed by atoms with Gasteiger partial charge in [-0.1, -0.05) is 18.2 Å². The van der Waals surface area contributed by atoms with Crippen LogP contribution in [0.25, 0.3) is 21.9 Å². The van der Waals surface area contributed by atoms with Crippen LogP contribution in [0.5, 0.6) is 0 Å². The number of aryl methyl sites for hydroxylation is 1. The van der Waals surface area contributed by atoms with Gasteiger partial charge in [-0.05, 0) is 6.07 Å². The zero-order chi connectivity index (χ0) is 12.0. The van der Waals surface area contributed by atoms with E-state index in [-0.39, 0.29) is 6.54 Å². The molecule has 17 heavy (non-hydrogen) atoms. The Bertz CT molecular complexity index is 724. The van der Waals surface area contributed by atoms with Gasteiger partial charge in [0.15, 0.2) is 0 Å². The summed E-state index contributed by atoms with van der Waals surface area (Å²) in [5, 5.41) is 15.1. The first-order valence-corrected chi connectivity index (χ1v) is 5.29. The fourth-order valence-corrected chi connectivity index (χ4v) is 2.27. The normalized spacial score (nSPS) is 11.4. The number of para-hydroxylation sites is 1. The van der Waals surface area contributed by atoms with E-state index in [1.54, 1.807) is 6.20 Å². The average Bonchev–Trinajstić information content (AvgIpc) is 2.81. The Balaban J connectivity index is 2.38. The highest BCUT2D eigenvalue weighted by Gasteiger charge is 2.14. The van der Waals surface area contributed by atoms with Gasteiger partial charge in [-0.15, -0.1) is 0 Å². The zero-order valence-corrected chi connectivity index (χ0v) is 9.29. The molecule has 0 saturated carbocycles. The van der Waals surface area contributed by atoms with Gasteiger partial charge in [0.2, 0.25) is 0 Å². The number of aromatic nitrogens is 3. The molecule has 86 valence electrons. The summed E-state index contributed by atoms with van der Waals surface area (Å²) in [6.45, 7) is -0.117. The molecule has 2 aromatic heterocycles. The highest BCUT2D eigenvalue weighted by Crippen LogP contribution is 2.27. The van der Waals surface area contributed by atoms with Crippen molar-refractivity contribution in [2.45, 2.75) is 6.54 Å². The maximum absolute atomic E-state index is 10.8. The SMILES string of the molecule is Cn1c2ccccc2c2cnn(CC(=O)O)c21. The minimum atomic E-state index is -0.889. The van der Waals surface area contributed by atoms with E-state index in [4.69, 9.17) is 5.11 Å². The largest absolute Gasteiger partial charge is 0.480 e. The van der Waals surface area contributed by atoms with Gasteiger partial charge in [0.05, 0.1) is 11.7 Å². The molecule has 0 aliphatic heterocycles. The molecule has 3 aromatic rings. The number of hydrogen-bond donors (Lipinski definition) is 1. The van der Waals surface area contributed by atoms with E-state index >= 15 is 0 Å². The van der Waals surface area contributed by atoms with Crippen LogP contribution in [-0.2, 0) is 18.4 Å². The van der Waals surface area contributed by atoms with E-state index in [0.29, 0.717) is 0 Å². The van der Waals surface area contributed by atoms with Crippen molar-refractivity contribution < 1.29 is 9.90 Å². The maximum atomic E-state index is 10.8. The molecule has 0 bridgehead atoms. The molecule has 0 aliphatic carbocycles. The number of carboxylic acid groups (broad SMARTS) is 1. The maximum Gasteiger partial charge on any atom is 0.325 e. The third kappa shape index (κ3) is 1.32. The fourth-order valence-electron chi connectivity index (χ4n) is 2.27. The van der Waals surface area contributed by atoms with Crippen LogP contribution in [0.4, 0.5) is 0 Å². The second-order valence-corrected chi connectivity index (χ2v) is 4.01. The molecular formula is C12H11N3O2. The molecule has 1 aromatic carbocycles. The quantitative estimate of drug-likeness (QED) is 0.726. The smallest absolute Gasteiger partial charge is 0.325 e. The van der Waals surface area contributed by atoms with Crippen molar-refractivity contribution in [1.29, 1.82) is 0 Å². The number of hydrogen-bond acceptors (Lipinski definition) is 2. The molecule has 0 aliphatic rings. The highest BCUT2D eigenvalue weighted by molar-refractivity contribution is 6.06. The number of carboxylic acids is 1. The Morgan fingerprint density at radius 1 is 1.35 bits per heavy atom. The van der Waals surface area contributed by atoms with Gasteiger partial charge in [0.25, 0.3) is 0 Å². The van der Waals surface area contributed by atoms with E-state index in [9.17, 15) is 4.79 Å². The van der Waals surface area contributed by atoms with Gasteiger partial charge in [0.1, 0.15) is 12.2 Å². The predicted molar refractivity (Wildman–Crippen MR) is 63.8 cm³/mol. The predicted octanol–water partition coefficient (Wildman–Crippen LogP) is 1.61. The molecular weight excluding hydrogens is 218 g/mol. The lowest BCUT2D eigenvalue weighted by molar-refractivity contribution is -0.137. The number of carbonyl (C=O) groups is 1. The lowest BCUT2D eigenvalue weighted by Crippen LogP contribution is -2.11. The first-order valence-electron chi connectivity index (χ1n) is 5.29. The Morgan fingerprint density at radius 2 is 2.12 bits per heavy atom. The third-order valence-electron chi connectivity index (χ3n) is 2.97. The molecule has 5 nitrogen and oxygen atoms in total. The lowest BCUT2D eigenvalue weighted by Gasteiger charge is -2.01. The second kappa shape index (κ2) is 3.35. The standard InChI is InChI=1S/C12H11N3O2/c1-14-10-5-3-2-4-8(10)9-6-13-15(12(9)14)7-11(16)17/h2-6H,7H2,1H3,(H,16,17). The number of nitrogens with zero attached hydrogens (tertiary/aromatic N) is 3. The van der Waals surface area contributed by atoms with Gasteiger partial charge < -0.3 is 9.67 Å². The van der Waals surface area contributed by atoms with Crippen LogP contribution in [0, 0.1) is 0 Å². The molecule has 0 atom stereocenters. The summed E-state index contributed by atoms with van der Waals surface area (Å²) >= 11 is 0. The van der Waals surface area contributed by atoms with Crippen molar-refractivity contribution in [3.05, 3.63) is 30.5 Å². The Kier molecular flexibility index (Phi) is 1.95. The van der Waals surface area contributed by atoms with Gasteiger partial charge >= 0.3 is 5.97 Å². The summed E-state index contributed by atoms with van der Waals surface area (Å²) in [5.74, 6) is -0.889. The van der Waals surface area contributed by atoms with Gasteiger partial charge in [-0.3, -0.25) is 4.79 Å². The summed E-state index contributed by atoms with van der Waals surface area (Å²) in [4.78, 5) is 10.8. The van der Waals surface area contributed by atoms with Crippen LogP contribution in [-0.4, -0.2) is 25.4 Å².